The van der Waals surface area contributed by atoms with Crippen molar-refractivity contribution in [3.8, 4) is 17.2 Å². The van der Waals surface area contributed by atoms with E-state index in [1.807, 2.05) is 36.4 Å². The number of ether oxygens (including phenoxy) is 3. The van der Waals surface area contributed by atoms with Crippen molar-refractivity contribution in [2.75, 3.05) is 27.9 Å². The van der Waals surface area contributed by atoms with Crippen LogP contribution in [-0.4, -0.2) is 33.9 Å². The minimum absolute atomic E-state index is 0.212. The molecule has 3 aromatic rings. The van der Waals surface area contributed by atoms with E-state index in [1.165, 1.54) is 11.1 Å². The number of hydrogen-bond donors (Lipinski definition) is 2. The number of urea groups is 1. The maximum Gasteiger partial charge on any atom is 0.315 e. The summed E-state index contributed by atoms with van der Waals surface area (Å²) in [6.07, 6.45) is 0.793. The second-order valence-electron chi connectivity index (χ2n) is 7.29. The maximum atomic E-state index is 12.4. The Bertz CT molecular complexity index is 954. The number of nitrogens with one attached hydrogen (secondary N) is 2. The largest absolute Gasteiger partial charge is 0.496 e. The molecule has 0 heterocycles. The van der Waals surface area contributed by atoms with Gasteiger partial charge in [-0.05, 0) is 23.6 Å². The van der Waals surface area contributed by atoms with Gasteiger partial charge in [-0.1, -0.05) is 60.7 Å². The molecule has 0 spiro atoms. The van der Waals surface area contributed by atoms with Crippen LogP contribution in [0.25, 0.3) is 0 Å². The number of hydrogen-bond acceptors (Lipinski definition) is 4. The fraction of sp³-hybridized carbons (Fsp3) is 0.269. The van der Waals surface area contributed by atoms with E-state index >= 15 is 0 Å². The van der Waals surface area contributed by atoms with Crippen molar-refractivity contribution in [1.29, 1.82) is 0 Å². The van der Waals surface area contributed by atoms with Crippen LogP contribution >= 0.6 is 0 Å². The highest BCUT2D eigenvalue weighted by atomic mass is 16.5. The zero-order valence-corrected chi connectivity index (χ0v) is 18.8. The number of carbonyl (C=O) groups excluding carboxylic acids is 1. The lowest BCUT2D eigenvalue weighted by atomic mass is 9.88. The lowest BCUT2D eigenvalue weighted by Crippen LogP contribution is -2.36. The van der Waals surface area contributed by atoms with Crippen LogP contribution in [0.5, 0.6) is 17.2 Å². The van der Waals surface area contributed by atoms with Crippen LogP contribution in [0.15, 0.2) is 72.8 Å². The maximum absolute atomic E-state index is 12.4. The Balaban J connectivity index is 1.59. The average Bonchev–Trinajstić information content (AvgIpc) is 2.85. The molecule has 0 aliphatic carbocycles. The Labute approximate surface area is 189 Å². The van der Waals surface area contributed by atoms with Gasteiger partial charge in [-0.3, -0.25) is 0 Å². The zero-order valence-electron chi connectivity index (χ0n) is 18.8. The Morgan fingerprint density at radius 1 is 0.750 bits per heavy atom. The molecular formula is C26H30N2O4. The number of methoxy groups -OCH3 is 3. The average molecular weight is 435 g/mol. The van der Waals surface area contributed by atoms with Crippen molar-refractivity contribution in [1.82, 2.24) is 10.6 Å². The van der Waals surface area contributed by atoms with Crippen LogP contribution in [0.3, 0.4) is 0 Å². The molecule has 2 amide bonds. The van der Waals surface area contributed by atoms with Gasteiger partial charge in [-0.25, -0.2) is 4.79 Å². The highest BCUT2D eigenvalue weighted by molar-refractivity contribution is 5.74. The molecule has 32 heavy (non-hydrogen) atoms. The van der Waals surface area contributed by atoms with Crippen LogP contribution in [0.4, 0.5) is 4.79 Å². The number of benzene rings is 3. The summed E-state index contributed by atoms with van der Waals surface area (Å²) in [7, 11) is 4.73. The second-order valence-corrected chi connectivity index (χ2v) is 7.29. The van der Waals surface area contributed by atoms with E-state index in [0.29, 0.717) is 30.3 Å². The van der Waals surface area contributed by atoms with Crippen molar-refractivity contribution in [2.45, 2.75) is 18.9 Å². The first-order valence-electron chi connectivity index (χ1n) is 10.6. The van der Waals surface area contributed by atoms with E-state index < -0.39 is 0 Å². The van der Waals surface area contributed by atoms with Crippen LogP contribution in [-0.2, 0) is 6.54 Å². The first-order chi connectivity index (χ1) is 15.7. The van der Waals surface area contributed by atoms with Gasteiger partial charge in [0.2, 0.25) is 0 Å². The van der Waals surface area contributed by atoms with Gasteiger partial charge in [-0.2, -0.15) is 0 Å². The summed E-state index contributed by atoms with van der Waals surface area (Å²) in [4.78, 5) is 12.4. The molecule has 0 bridgehead atoms. The Hall–Kier alpha value is -3.67. The minimum atomic E-state index is -0.235. The van der Waals surface area contributed by atoms with Gasteiger partial charge in [0.15, 0.2) is 11.5 Å². The summed E-state index contributed by atoms with van der Waals surface area (Å²) >= 11 is 0. The first-order valence-corrected chi connectivity index (χ1v) is 10.6. The molecule has 0 aliphatic rings. The summed E-state index contributed by atoms with van der Waals surface area (Å²) in [5.74, 6) is 1.99. The van der Waals surface area contributed by atoms with E-state index in [2.05, 4.69) is 34.9 Å². The topological polar surface area (TPSA) is 68.8 Å². The normalized spacial score (nSPS) is 10.5. The predicted octanol–water partition coefficient (Wildman–Crippen LogP) is 4.73. The molecule has 3 aromatic carbocycles. The van der Waals surface area contributed by atoms with E-state index in [9.17, 15) is 4.79 Å². The number of rotatable bonds is 10. The summed E-state index contributed by atoms with van der Waals surface area (Å²) in [6, 6.07) is 24.0. The molecule has 0 fully saturated rings. The third kappa shape index (κ3) is 5.94. The standard InChI is InChI=1S/C26H30N2O4/c1-30-23-17-25(32-3)24(31-2)16-21(23)18-28-26(29)27-15-14-22(19-10-6-4-7-11-19)20-12-8-5-9-13-20/h4-13,16-17,22H,14-15,18H2,1-3H3,(H2,27,28,29). The molecule has 0 unspecified atom stereocenters. The number of amides is 2. The van der Waals surface area contributed by atoms with Crippen molar-refractivity contribution in [3.05, 3.63) is 89.5 Å². The van der Waals surface area contributed by atoms with Crippen LogP contribution < -0.4 is 24.8 Å². The van der Waals surface area contributed by atoms with Crippen molar-refractivity contribution < 1.29 is 19.0 Å². The smallest absolute Gasteiger partial charge is 0.315 e. The molecule has 0 saturated carbocycles. The summed E-state index contributed by atoms with van der Waals surface area (Å²) < 4.78 is 16.1. The molecule has 0 aliphatic heterocycles. The van der Waals surface area contributed by atoms with Gasteiger partial charge in [0, 0.05) is 30.6 Å². The SMILES string of the molecule is COc1cc(OC)c(OC)cc1CNC(=O)NCCC(c1ccccc1)c1ccccc1. The molecule has 168 valence electrons. The number of carbonyl (C=O) groups is 1. The molecule has 3 rings (SSSR count). The zero-order chi connectivity index (χ0) is 22.8. The monoisotopic (exact) mass is 434 g/mol. The van der Waals surface area contributed by atoms with E-state index in [4.69, 9.17) is 14.2 Å². The lowest BCUT2D eigenvalue weighted by molar-refractivity contribution is 0.240. The molecule has 0 radical (unpaired) electrons. The van der Waals surface area contributed by atoms with Crippen LogP contribution in [0, 0.1) is 0 Å². The molecule has 6 heteroatoms. The fourth-order valence-corrected chi connectivity index (χ4v) is 3.70. The molecule has 2 N–H and O–H groups in total. The quantitative estimate of drug-likeness (QED) is 0.484. The highest BCUT2D eigenvalue weighted by Gasteiger charge is 2.15. The first kappa shape index (κ1) is 23.0. The van der Waals surface area contributed by atoms with E-state index in [0.717, 1.165) is 12.0 Å². The van der Waals surface area contributed by atoms with Gasteiger partial charge < -0.3 is 24.8 Å². The predicted molar refractivity (Wildman–Crippen MR) is 126 cm³/mol. The van der Waals surface area contributed by atoms with Gasteiger partial charge in [-0.15, -0.1) is 0 Å². The second kappa shape index (κ2) is 11.6. The fourth-order valence-electron chi connectivity index (χ4n) is 3.70. The van der Waals surface area contributed by atoms with E-state index in [-0.39, 0.29) is 11.9 Å². The van der Waals surface area contributed by atoms with Gasteiger partial charge >= 0.3 is 6.03 Å². The minimum Gasteiger partial charge on any atom is -0.496 e. The third-order valence-electron chi connectivity index (χ3n) is 5.35. The molecule has 0 saturated heterocycles. The highest BCUT2D eigenvalue weighted by Crippen LogP contribution is 2.34. The molecule has 6 nitrogen and oxygen atoms in total. The van der Waals surface area contributed by atoms with Crippen LogP contribution in [0.2, 0.25) is 0 Å². The summed E-state index contributed by atoms with van der Waals surface area (Å²) in [5.41, 5.74) is 3.26. The van der Waals surface area contributed by atoms with Gasteiger partial charge in [0.25, 0.3) is 0 Å². The van der Waals surface area contributed by atoms with Crippen molar-refractivity contribution >= 4 is 6.03 Å². The van der Waals surface area contributed by atoms with Crippen LogP contribution in [0.1, 0.15) is 29.0 Å². The van der Waals surface area contributed by atoms with Gasteiger partial charge in [0.1, 0.15) is 5.75 Å². The Morgan fingerprint density at radius 3 is 1.81 bits per heavy atom. The molecule has 0 aromatic heterocycles. The van der Waals surface area contributed by atoms with Crippen molar-refractivity contribution in [2.24, 2.45) is 0 Å². The van der Waals surface area contributed by atoms with E-state index in [1.54, 1.807) is 33.5 Å². The Morgan fingerprint density at radius 2 is 1.28 bits per heavy atom. The Kier molecular flexibility index (Phi) is 8.37. The summed E-state index contributed by atoms with van der Waals surface area (Å²) in [6.45, 7) is 0.847. The van der Waals surface area contributed by atoms with Gasteiger partial charge in [0.05, 0.1) is 21.3 Å². The van der Waals surface area contributed by atoms with Crippen molar-refractivity contribution in [3.63, 3.8) is 0 Å². The summed E-state index contributed by atoms with van der Waals surface area (Å²) in [5, 5.41) is 5.85. The lowest BCUT2D eigenvalue weighted by Gasteiger charge is -2.19. The molecule has 0 atom stereocenters. The molecular weight excluding hydrogens is 404 g/mol. The third-order valence-corrected chi connectivity index (χ3v) is 5.35.